The van der Waals surface area contributed by atoms with Gasteiger partial charge in [-0.3, -0.25) is 0 Å². The minimum Gasteiger partial charge on any atom is -0.314 e. The minimum absolute atomic E-state index is 0.589. The highest BCUT2D eigenvalue weighted by Gasteiger charge is 2.31. The second kappa shape index (κ2) is 5.01. The van der Waals surface area contributed by atoms with Crippen LogP contribution in [0.15, 0.2) is 24.3 Å². The normalized spacial score (nSPS) is 17.8. The number of rotatable bonds is 5. The summed E-state index contributed by atoms with van der Waals surface area (Å²) >= 11 is 0. The van der Waals surface area contributed by atoms with Crippen molar-refractivity contribution in [3.05, 3.63) is 35.4 Å². The Morgan fingerprint density at radius 1 is 1.31 bits per heavy atom. The molecule has 0 spiro atoms. The van der Waals surface area contributed by atoms with Crippen molar-refractivity contribution in [2.24, 2.45) is 5.92 Å². The molecular weight excluding hydrogens is 194 g/mol. The molecule has 1 nitrogen and oxygen atoms in total. The quantitative estimate of drug-likeness (QED) is 0.796. The summed E-state index contributed by atoms with van der Waals surface area (Å²) in [6.07, 6.45) is 2.83. The van der Waals surface area contributed by atoms with Crippen LogP contribution in [-0.2, 0) is 0 Å². The third-order valence-electron chi connectivity index (χ3n) is 3.41. The second-order valence-electron chi connectivity index (χ2n) is 5.42. The van der Waals surface area contributed by atoms with E-state index in [0.29, 0.717) is 6.04 Å². The van der Waals surface area contributed by atoms with Gasteiger partial charge in [0.1, 0.15) is 0 Å². The second-order valence-corrected chi connectivity index (χ2v) is 5.42. The van der Waals surface area contributed by atoms with E-state index in [1.807, 2.05) is 0 Å². The average molecular weight is 217 g/mol. The molecule has 2 rings (SSSR count). The van der Waals surface area contributed by atoms with Crippen molar-refractivity contribution in [1.82, 2.24) is 5.32 Å². The molecule has 0 heterocycles. The maximum Gasteiger partial charge on any atom is 0.00251 e. The van der Waals surface area contributed by atoms with E-state index >= 15 is 0 Å². The van der Waals surface area contributed by atoms with E-state index in [-0.39, 0.29) is 0 Å². The fourth-order valence-corrected chi connectivity index (χ4v) is 2.32. The van der Waals surface area contributed by atoms with Crippen LogP contribution in [0.4, 0.5) is 0 Å². The lowest BCUT2D eigenvalue weighted by Gasteiger charge is -2.19. The third kappa shape index (κ3) is 3.08. The molecule has 0 saturated heterocycles. The first-order valence-electron chi connectivity index (χ1n) is 6.47. The summed E-state index contributed by atoms with van der Waals surface area (Å²) < 4.78 is 0. The number of hydrogen-bond donors (Lipinski definition) is 1. The van der Waals surface area contributed by atoms with Crippen molar-refractivity contribution < 1.29 is 0 Å². The van der Waals surface area contributed by atoms with Gasteiger partial charge in [-0.2, -0.15) is 0 Å². The molecule has 1 aliphatic rings. The Labute approximate surface area is 99.3 Å². The van der Waals surface area contributed by atoms with Crippen LogP contribution in [-0.4, -0.2) is 12.6 Å². The molecule has 0 bridgehead atoms. The lowest BCUT2D eigenvalue weighted by Crippen LogP contribution is -2.28. The van der Waals surface area contributed by atoms with Crippen LogP contribution in [0.1, 0.15) is 43.7 Å². The summed E-state index contributed by atoms with van der Waals surface area (Å²) in [6.45, 7) is 7.76. The van der Waals surface area contributed by atoms with Gasteiger partial charge in [0.15, 0.2) is 0 Å². The molecular formula is C15H23N. The van der Waals surface area contributed by atoms with Crippen LogP contribution in [0.5, 0.6) is 0 Å². The highest BCUT2D eigenvalue weighted by Crippen LogP contribution is 2.42. The number of nitrogens with one attached hydrogen (secondary N) is 1. The summed E-state index contributed by atoms with van der Waals surface area (Å²) in [5.74, 6) is 1.65. The predicted molar refractivity (Wildman–Crippen MR) is 69.8 cm³/mol. The van der Waals surface area contributed by atoms with E-state index in [0.717, 1.165) is 18.4 Å². The predicted octanol–water partition coefficient (Wildman–Crippen LogP) is 3.49. The molecule has 0 radical (unpaired) electrons. The molecule has 1 aromatic rings. The van der Waals surface area contributed by atoms with Crippen LogP contribution in [0.2, 0.25) is 0 Å². The van der Waals surface area contributed by atoms with E-state index in [2.05, 4.69) is 50.4 Å². The monoisotopic (exact) mass is 217 g/mol. The van der Waals surface area contributed by atoms with Gasteiger partial charge in [-0.25, -0.2) is 0 Å². The van der Waals surface area contributed by atoms with Crippen LogP contribution < -0.4 is 5.32 Å². The van der Waals surface area contributed by atoms with Gasteiger partial charge in [-0.05, 0) is 37.2 Å². The SMILES string of the molecule is Cc1cccc(C(CNC(C)C)C2CC2)c1. The summed E-state index contributed by atoms with van der Waals surface area (Å²) in [6, 6.07) is 9.60. The Bertz CT molecular complexity index is 339. The van der Waals surface area contributed by atoms with E-state index < -0.39 is 0 Å². The van der Waals surface area contributed by atoms with Crippen molar-refractivity contribution in [3.63, 3.8) is 0 Å². The van der Waals surface area contributed by atoms with Crippen molar-refractivity contribution >= 4 is 0 Å². The Balaban J connectivity index is 2.06. The average Bonchev–Trinajstić information content (AvgIpc) is 3.02. The molecule has 0 amide bonds. The summed E-state index contributed by atoms with van der Waals surface area (Å²) in [4.78, 5) is 0. The fourth-order valence-electron chi connectivity index (χ4n) is 2.32. The highest BCUT2D eigenvalue weighted by molar-refractivity contribution is 5.27. The molecule has 0 aliphatic heterocycles. The summed E-state index contributed by atoms with van der Waals surface area (Å²) in [5, 5.41) is 3.58. The smallest absolute Gasteiger partial charge is 0.00251 e. The maximum atomic E-state index is 3.58. The Hall–Kier alpha value is -0.820. The first-order valence-corrected chi connectivity index (χ1v) is 6.47. The number of aryl methyl sites for hydroxylation is 1. The van der Waals surface area contributed by atoms with Crippen LogP contribution in [0.3, 0.4) is 0 Å². The zero-order valence-electron chi connectivity index (χ0n) is 10.7. The lowest BCUT2D eigenvalue weighted by atomic mass is 9.93. The highest BCUT2D eigenvalue weighted by atomic mass is 14.9. The van der Waals surface area contributed by atoms with Crippen LogP contribution in [0, 0.1) is 12.8 Å². The van der Waals surface area contributed by atoms with E-state index in [1.165, 1.54) is 24.0 Å². The molecule has 1 aliphatic carbocycles. The topological polar surface area (TPSA) is 12.0 Å². The zero-order chi connectivity index (χ0) is 11.5. The summed E-state index contributed by atoms with van der Waals surface area (Å²) in [5.41, 5.74) is 2.91. The van der Waals surface area contributed by atoms with Crippen molar-refractivity contribution in [2.75, 3.05) is 6.54 Å². The van der Waals surface area contributed by atoms with E-state index in [4.69, 9.17) is 0 Å². The molecule has 0 aromatic heterocycles. The van der Waals surface area contributed by atoms with E-state index in [1.54, 1.807) is 0 Å². The van der Waals surface area contributed by atoms with Crippen LogP contribution >= 0.6 is 0 Å². The largest absolute Gasteiger partial charge is 0.314 e. The molecule has 1 fully saturated rings. The molecule has 1 aromatic carbocycles. The standard InChI is InChI=1S/C15H23N/c1-11(2)16-10-15(13-7-8-13)14-6-4-5-12(3)9-14/h4-6,9,11,13,15-16H,7-8,10H2,1-3H3. The first-order chi connectivity index (χ1) is 7.66. The van der Waals surface area contributed by atoms with Gasteiger partial charge >= 0.3 is 0 Å². The Morgan fingerprint density at radius 2 is 2.06 bits per heavy atom. The zero-order valence-corrected chi connectivity index (χ0v) is 10.7. The first kappa shape index (κ1) is 11.7. The molecule has 1 atom stereocenters. The van der Waals surface area contributed by atoms with Gasteiger partial charge in [0, 0.05) is 12.6 Å². The van der Waals surface area contributed by atoms with Crippen molar-refractivity contribution in [1.29, 1.82) is 0 Å². The van der Waals surface area contributed by atoms with Gasteiger partial charge in [0.25, 0.3) is 0 Å². The van der Waals surface area contributed by atoms with Gasteiger partial charge in [0.05, 0.1) is 0 Å². The molecule has 1 N–H and O–H groups in total. The van der Waals surface area contributed by atoms with Crippen LogP contribution in [0.25, 0.3) is 0 Å². The molecule has 1 heteroatoms. The third-order valence-corrected chi connectivity index (χ3v) is 3.41. The van der Waals surface area contributed by atoms with Crippen molar-refractivity contribution in [3.8, 4) is 0 Å². The summed E-state index contributed by atoms with van der Waals surface area (Å²) in [7, 11) is 0. The molecule has 88 valence electrons. The Kier molecular flexibility index (Phi) is 3.65. The molecule has 16 heavy (non-hydrogen) atoms. The number of benzene rings is 1. The Morgan fingerprint density at radius 3 is 2.62 bits per heavy atom. The van der Waals surface area contributed by atoms with Gasteiger partial charge in [-0.15, -0.1) is 0 Å². The maximum absolute atomic E-state index is 3.58. The molecule has 1 saturated carbocycles. The number of hydrogen-bond acceptors (Lipinski definition) is 1. The minimum atomic E-state index is 0.589. The van der Waals surface area contributed by atoms with Gasteiger partial charge in [-0.1, -0.05) is 43.7 Å². The lowest BCUT2D eigenvalue weighted by molar-refractivity contribution is 0.496. The van der Waals surface area contributed by atoms with E-state index in [9.17, 15) is 0 Å². The van der Waals surface area contributed by atoms with Gasteiger partial charge in [0.2, 0.25) is 0 Å². The molecule has 1 unspecified atom stereocenters. The fraction of sp³-hybridized carbons (Fsp3) is 0.600. The van der Waals surface area contributed by atoms with Gasteiger partial charge < -0.3 is 5.32 Å². The van der Waals surface area contributed by atoms with Crippen molar-refractivity contribution in [2.45, 2.75) is 45.6 Å².